The van der Waals surface area contributed by atoms with E-state index < -0.39 is 0 Å². The molecule has 0 amide bonds. The number of aromatic nitrogens is 1. The van der Waals surface area contributed by atoms with Crippen molar-refractivity contribution in [2.75, 3.05) is 0 Å². The summed E-state index contributed by atoms with van der Waals surface area (Å²) in [6, 6.07) is 15.7. The lowest BCUT2D eigenvalue weighted by Crippen LogP contribution is -1.99. The Kier molecular flexibility index (Phi) is 5.14. The van der Waals surface area contributed by atoms with Crippen molar-refractivity contribution in [3.8, 4) is 5.69 Å². The van der Waals surface area contributed by atoms with Crippen LogP contribution in [0.15, 0.2) is 58.0 Å². The van der Waals surface area contributed by atoms with Crippen LogP contribution in [0.1, 0.15) is 17.0 Å². The third-order valence-corrected chi connectivity index (χ3v) is 5.08. The SMILES string of the molecule is Cc1cc(C=Nc2ccc(Cl)c(Cl)c2)c(C)n1-c1ccc(Br)cc1. The lowest BCUT2D eigenvalue weighted by Gasteiger charge is -2.09. The molecule has 2 aromatic carbocycles. The second kappa shape index (κ2) is 7.14. The van der Waals surface area contributed by atoms with Gasteiger partial charge >= 0.3 is 0 Å². The van der Waals surface area contributed by atoms with Crippen LogP contribution in [-0.4, -0.2) is 10.8 Å². The molecule has 0 fully saturated rings. The van der Waals surface area contributed by atoms with Gasteiger partial charge in [-0.1, -0.05) is 39.1 Å². The van der Waals surface area contributed by atoms with E-state index in [0.29, 0.717) is 10.0 Å². The van der Waals surface area contributed by atoms with Gasteiger partial charge in [-0.25, -0.2) is 0 Å². The fourth-order valence-electron chi connectivity index (χ4n) is 2.62. The van der Waals surface area contributed by atoms with E-state index in [9.17, 15) is 0 Å². The summed E-state index contributed by atoms with van der Waals surface area (Å²) >= 11 is 15.4. The van der Waals surface area contributed by atoms with Crippen LogP contribution >= 0.6 is 39.1 Å². The third-order valence-electron chi connectivity index (χ3n) is 3.81. The summed E-state index contributed by atoms with van der Waals surface area (Å²) in [6.07, 6.45) is 1.86. The van der Waals surface area contributed by atoms with Crippen LogP contribution in [0.5, 0.6) is 0 Å². The molecule has 0 aliphatic carbocycles. The molecule has 1 aromatic heterocycles. The molecular formula is C19H15BrCl2N2. The maximum atomic E-state index is 6.04. The van der Waals surface area contributed by atoms with Crippen LogP contribution in [0.2, 0.25) is 10.0 Å². The zero-order valence-corrected chi connectivity index (χ0v) is 16.3. The first-order chi connectivity index (χ1) is 11.5. The van der Waals surface area contributed by atoms with Crippen molar-refractivity contribution in [1.82, 2.24) is 4.57 Å². The van der Waals surface area contributed by atoms with Crippen LogP contribution in [0.25, 0.3) is 5.69 Å². The number of hydrogen-bond donors (Lipinski definition) is 0. The first kappa shape index (κ1) is 17.3. The number of nitrogens with zero attached hydrogens (tertiary/aromatic N) is 2. The van der Waals surface area contributed by atoms with E-state index in [-0.39, 0.29) is 0 Å². The van der Waals surface area contributed by atoms with E-state index in [1.54, 1.807) is 12.1 Å². The molecule has 24 heavy (non-hydrogen) atoms. The summed E-state index contributed by atoms with van der Waals surface area (Å²) in [5.74, 6) is 0. The van der Waals surface area contributed by atoms with E-state index in [0.717, 1.165) is 32.8 Å². The molecule has 0 spiro atoms. The standard InChI is InChI=1S/C19H15BrCl2N2/c1-12-9-14(11-23-16-5-8-18(21)19(22)10-16)13(2)24(12)17-6-3-15(20)4-7-17/h3-11H,1-2H3. The Bertz CT molecular complexity index is 912. The van der Waals surface area contributed by atoms with Crippen molar-refractivity contribution < 1.29 is 0 Å². The van der Waals surface area contributed by atoms with Crippen molar-refractivity contribution in [2.24, 2.45) is 4.99 Å². The fourth-order valence-corrected chi connectivity index (χ4v) is 3.17. The molecule has 0 atom stereocenters. The summed E-state index contributed by atoms with van der Waals surface area (Å²) in [5, 5.41) is 1.04. The van der Waals surface area contributed by atoms with Gasteiger partial charge in [0.15, 0.2) is 0 Å². The Morgan fingerprint density at radius 1 is 0.958 bits per heavy atom. The summed E-state index contributed by atoms with van der Waals surface area (Å²) in [6.45, 7) is 4.18. The van der Waals surface area contributed by atoms with Crippen LogP contribution in [0.3, 0.4) is 0 Å². The average molecular weight is 422 g/mol. The molecule has 0 N–H and O–H groups in total. The highest BCUT2D eigenvalue weighted by atomic mass is 79.9. The van der Waals surface area contributed by atoms with Crippen LogP contribution < -0.4 is 0 Å². The van der Waals surface area contributed by atoms with Gasteiger partial charge in [-0.3, -0.25) is 4.99 Å². The van der Waals surface area contributed by atoms with E-state index in [4.69, 9.17) is 23.2 Å². The minimum atomic E-state index is 0.506. The summed E-state index contributed by atoms with van der Waals surface area (Å²) in [4.78, 5) is 4.51. The van der Waals surface area contributed by atoms with Gasteiger partial charge in [0, 0.05) is 33.3 Å². The second-order valence-corrected chi connectivity index (χ2v) is 7.22. The number of benzene rings is 2. The van der Waals surface area contributed by atoms with Crippen molar-refractivity contribution in [3.63, 3.8) is 0 Å². The quantitative estimate of drug-likeness (QED) is 0.408. The van der Waals surface area contributed by atoms with Crippen molar-refractivity contribution in [1.29, 1.82) is 0 Å². The fraction of sp³-hybridized carbons (Fsp3) is 0.105. The Morgan fingerprint density at radius 3 is 2.33 bits per heavy atom. The molecule has 1 heterocycles. The molecule has 122 valence electrons. The van der Waals surface area contributed by atoms with Gasteiger partial charge < -0.3 is 4.57 Å². The molecular weight excluding hydrogens is 407 g/mol. The molecule has 0 saturated carbocycles. The summed E-state index contributed by atoms with van der Waals surface area (Å²) in [5.41, 5.74) is 5.27. The van der Waals surface area contributed by atoms with Crippen LogP contribution in [-0.2, 0) is 0 Å². The zero-order chi connectivity index (χ0) is 17.3. The maximum absolute atomic E-state index is 6.04. The predicted molar refractivity (Wildman–Crippen MR) is 107 cm³/mol. The van der Waals surface area contributed by atoms with E-state index in [2.05, 4.69) is 57.5 Å². The van der Waals surface area contributed by atoms with Gasteiger partial charge in [0.25, 0.3) is 0 Å². The predicted octanol–water partition coefficient (Wildman–Crippen LogP) is 6.91. The van der Waals surface area contributed by atoms with Gasteiger partial charge in [-0.2, -0.15) is 0 Å². The van der Waals surface area contributed by atoms with Gasteiger partial charge in [0.2, 0.25) is 0 Å². The van der Waals surface area contributed by atoms with Crippen LogP contribution in [0, 0.1) is 13.8 Å². The molecule has 0 saturated heterocycles. The molecule has 0 bridgehead atoms. The Morgan fingerprint density at radius 2 is 1.67 bits per heavy atom. The molecule has 0 aliphatic heterocycles. The largest absolute Gasteiger partial charge is 0.318 e. The van der Waals surface area contributed by atoms with E-state index >= 15 is 0 Å². The van der Waals surface area contributed by atoms with E-state index in [1.165, 1.54) is 0 Å². The third kappa shape index (κ3) is 3.59. The van der Waals surface area contributed by atoms with Crippen molar-refractivity contribution in [2.45, 2.75) is 13.8 Å². The van der Waals surface area contributed by atoms with Gasteiger partial charge in [0.1, 0.15) is 0 Å². The number of halogens is 3. The first-order valence-corrected chi connectivity index (χ1v) is 8.94. The van der Waals surface area contributed by atoms with Crippen LogP contribution in [0.4, 0.5) is 5.69 Å². The topological polar surface area (TPSA) is 17.3 Å². The average Bonchev–Trinajstić information content (AvgIpc) is 2.84. The smallest absolute Gasteiger partial charge is 0.0645 e. The minimum Gasteiger partial charge on any atom is -0.318 e. The molecule has 5 heteroatoms. The van der Waals surface area contributed by atoms with Crippen molar-refractivity contribution in [3.05, 3.63) is 80.0 Å². The monoisotopic (exact) mass is 420 g/mol. The van der Waals surface area contributed by atoms with Gasteiger partial charge in [0.05, 0.1) is 15.7 Å². The van der Waals surface area contributed by atoms with Gasteiger partial charge in [-0.15, -0.1) is 0 Å². The maximum Gasteiger partial charge on any atom is 0.0645 e. The summed E-state index contributed by atoms with van der Waals surface area (Å²) < 4.78 is 3.28. The molecule has 0 radical (unpaired) electrons. The Hall–Kier alpha value is -1.55. The minimum absolute atomic E-state index is 0.506. The number of rotatable bonds is 3. The first-order valence-electron chi connectivity index (χ1n) is 7.39. The van der Waals surface area contributed by atoms with Gasteiger partial charge in [-0.05, 0) is 62.4 Å². The highest BCUT2D eigenvalue weighted by Gasteiger charge is 2.09. The highest BCUT2D eigenvalue weighted by molar-refractivity contribution is 9.10. The molecule has 3 aromatic rings. The second-order valence-electron chi connectivity index (χ2n) is 5.49. The van der Waals surface area contributed by atoms with E-state index in [1.807, 2.05) is 24.4 Å². The zero-order valence-electron chi connectivity index (χ0n) is 13.2. The van der Waals surface area contributed by atoms with Crippen molar-refractivity contribution >= 4 is 51.0 Å². The highest BCUT2D eigenvalue weighted by Crippen LogP contribution is 2.27. The molecule has 3 rings (SSSR count). The molecule has 0 aliphatic rings. The normalized spacial score (nSPS) is 11.4. The Balaban J connectivity index is 1.95. The molecule has 2 nitrogen and oxygen atoms in total. The summed E-state index contributed by atoms with van der Waals surface area (Å²) in [7, 11) is 0. The number of aliphatic imine (C=N–C) groups is 1. The lowest BCUT2D eigenvalue weighted by molar-refractivity contribution is 0.964. The lowest BCUT2D eigenvalue weighted by atomic mass is 10.2. The number of aryl methyl sites for hydroxylation is 1. The number of hydrogen-bond acceptors (Lipinski definition) is 1. The molecule has 0 unspecified atom stereocenters. The Labute approximate surface area is 159 Å².